The maximum absolute atomic E-state index is 8.66. The van der Waals surface area contributed by atoms with Gasteiger partial charge in [0, 0.05) is 0 Å². The molecule has 6 nitrogen and oxygen atoms in total. The Hall–Kier alpha value is 1.22. The summed E-state index contributed by atoms with van der Waals surface area (Å²) in [5.41, 5.74) is 0. The van der Waals surface area contributed by atoms with E-state index in [4.69, 9.17) is 26.6 Å². The van der Waals surface area contributed by atoms with Crippen molar-refractivity contribution in [2.45, 2.75) is 0 Å². The predicted molar refractivity (Wildman–Crippen MR) is 17.0 cm³/mol. The third-order valence-corrected chi connectivity index (χ3v) is 0. The monoisotopic (exact) mass is 387 g/mol. The van der Waals surface area contributed by atoms with Gasteiger partial charge in [-0.1, -0.05) is 0 Å². The third kappa shape index (κ3) is 324. The van der Waals surface area contributed by atoms with Crippen molar-refractivity contribution in [2.75, 3.05) is 0 Å². The number of hydrogen-bond donors (Lipinski definition) is 1. The van der Waals surface area contributed by atoms with Crippen LogP contribution in [0, 0.1) is 0 Å². The van der Waals surface area contributed by atoms with E-state index in [9.17, 15) is 0 Å². The van der Waals surface area contributed by atoms with Crippen LogP contribution in [0.2, 0.25) is 0 Å². The molecule has 0 aromatic carbocycles. The Morgan fingerprint density at radius 1 is 1.33 bits per heavy atom. The van der Waals surface area contributed by atoms with E-state index >= 15 is 0 Å². The van der Waals surface area contributed by atoms with Crippen molar-refractivity contribution in [3.8, 4) is 0 Å². The first-order valence-corrected chi connectivity index (χ1v) is 3.75. The molecule has 0 heterocycles. The molecule has 0 amide bonds. The van der Waals surface area contributed by atoms with Gasteiger partial charge in [0.05, 0.1) is 7.82 Å². The number of phosphoric acid groups is 1. The molecule has 0 bridgehead atoms. The number of rotatable bonds is 0. The molecule has 2 radical (unpaired) electrons. The molecule has 0 saturated carbocycles. The summed E-state index contributed by atoms with van der Waals surface area (Å²) in [5, 5.41) is 0. The van der Waals surface area contributed by atoms with Crippen molar-refractivity contribution in [1.82, 2.24) is 0 Å². The van der Waals surface area contributed by atoms with Crippen LogP contribution in [-0.2, 0) is 28.1 Å². The first-order chi connectivity index (χ1) is 3.41. The molecule has 9 heavy (non-hydrogen) atoms. The van der Waals surface area contributed by atoms with Crippen LogP contribution < -0.4 is 9.79 Å². The molecule has 0 spiro atoms. The molecular formula is HO6PPbV. The minimum Gasteiger partial charge on any atom is 2.00 e. The SMILES string of the molecule is O=P([O-])([O-])O.[O]=[V]=[O].[Pb+2]. The molecule has 0 saturated heterocycles. The summed E-state index contributed by atoms with van der Waals surface area (Å²) in [6, 6.07) is 0. The fourth-order valence-corrected chi connectivity index (χ4v) is 0. The molecule has 0 rings (SSSR count). The fourth-order valence-electron chi connectivity index (χ4n) is 0. The van der Waals surface area contributed by atoms with Crippen molar-refractivity contribution < 1.29 is 42.8 Å². The van der Waals surface area contributed by atoms with E-state index in [2.05, 4.69) is 0 Å². The Bertz CT molecular complexity index is 111. The molecule has 0 aliphatic rings. The van der Waals surface area contributed by atoms with Gasteiger partial charge in [-0.25, -0.2) is 0 Å². The summed E-state index contributed by atoms with van der Waals surface area (Å²) in [5.74, 6) is 0. The van der Waals surface area contributed by atoms with Gasteiger partial charge in [-0.2, -0.15) is 0 Å². The van der Waals surface area contributed by atoms with Gasteiger partial charge in [0.15, 0.2) is 0 Å². The average Bonchev–Trinajstić information content (AvgIpc) is 1.27. The van der Waals surface area contributed by atoms with Crippen LogP contribution in [0.25, 0.3) is 0 Å². The van der Waals surface area contributed by atoms with Crippen LogP contribution in [0.3, 0.4) is 0 Å². The van der Waals surface area contributed by atoms with Gasteiger partial charge < -0.3 is 19.2 Å². The van der Waals surface area contributed by atoms with Crippen molar-refractivity contribution in [2.24, 2.45) is 0 Å². The van der Waals surface area contributed by atoms with Gasteiger partial charge in [0.25, 0.3) is 0 Å². The maximum atomic E-state index is 8.66. The molecule has 9 heteroatoms. The largest absolute Gasteiger partial charge is 2.00 e. The van der Waals surface area contributed by atoms with E-state index < -0.39 is 24.0 Å². The van der Waals surface area contributed by atoms with Gasteiger partial charge in [-0.3, -0.25) is 0 Å². The molecular weight excluding hydrogens is 385 g/mol. The van der Waals surface area contributed by atoms with E-state index in [1.165, 1.54) is 0 Å². The van der Waals surface area contributed by atoms with E-state index in [1.54, 1.807) is 0 Å². The van der Waals surface area contributed by atoms with Crippen molar-refractivity contribution in [3.63, 3.8) is 0 Å². The smallest absolute Gasteiger partial charge is 2.00 e. The second kappa shape index (κ2) is 9.22. The summed E-state index contributed by atoms with van der Waals surface area (Å²) in [7, 11) is -5.14. The topological polar surface area (TPSA) is 118 Å². The van der Waals surface area contributed by atoms with E-state index in [1.807, 2.05) is 0 Å². The summed E-state index contributed by atoms with van der Waals surface area (Å²) in [6.45, 7) is 0. The zero-order valence-corrected chi connectivity index (χ0v) is 10.1. The summed E-state index contributed by atoms with van der Waals surface area (Å²) < 4.78 is 25.6. The summed E-state index contributed by atoms with van der Waals surface area (Å²) in [4.78, 5) is 24.3. The molecule has 0 fully saturated rings. The zero-order chi connectivity index (χ0) is 7.21. The molecule has 0 atom stereocenters. The molecule has 51 valence electrons. The van der Waals surface area contributed by atoms with Crippen molar-refractivity contribution >= 4 is 35.1 Å². The summed E-state index contributed by atoms with van der Waals surface area (Å²) in [6.07, 6.45) is 0. The second-order valence-electron chi connectivity index (χ2n) is 0.543. The van der Waals surface area contributed by atoms with Crippen LogP contribution in [0.4, 0.5) is 0 Å². The van der Waals surface area contributed by atoms with Crippen LogP contribution in [-0.4, -0.2) is 32.2 Å². The normalized spacial score (nSPS) is 7.44. The van der Waals surface area contributed by atoms with Crippen LogP contribution >= 0.6 is 7.82 Å². The number of hydrogen-bond acceptors (Lipinski definition) is 5. The standard InChI is InChI=1S/H3O4P.2O.Pb.V/c1-5(2,3)4;;;;/h(H3,1,2,3,4);;;;/q;;;+2;/p-2. The molecule has 0 aromatic rings. The Morgan fingerprint density at radius 3 is 1.33 bits per heavy atom. The molecule has 0 unspecified atom stereocenters. The van der Waals surface area contributed by atoms with Gasteiger partial charge in [0.2, 0.25) is 0 Å². The fraction of sp³-hybridized carbons (Fsp3) is 0. The molecule has 0 aliphatic carbocycles. The van der Waals surface area contributed by atoms with E-state index in [0.29, 0.717) is 0 Å². The van der Waals surface area contributed by atoms with E-state index in [-0.39, 0.29) is 27.3 Å². The van der Waals surface area contributed by atoms with Crippen molar-refractivity contribution in [3.05, 3.63) is 0 Å². The van der Waals surface area contributed by atoms with Crippen LogP contribution in [0.15, 0.2) is 0 Å². The molecule has 1 N–H and O–H groups in total. The van der Waals surface area contributed by atoms with Crippen LogP contribution in [0.5, 0.6) is 0 Å². The van der Waals surface area contributed by atoms with Gasteiger partial charge >= 0.3 is 50.8 Å². The molecule has 0 aromatic heterocycles. The second-order valence-corrected chi connectivity index (χ2v) is 1.71. The zero-order valence-electron chi connectivity index (χ0n) is 3.88. The molecule has 0 aliphatic heterocycles. The predicted octanol–water partition coefficient (Wildman–Crippen LogP) is -2.81. The average molecular weight is 386 g/mol. The van der Waals surface area contributed by atoms with E-state index in [0.717, 1.165) is 0 Å². The minimum absolute atomic E-state index is 0. The first kappa shape index (κ1) is 16.7. The van der Waals surface area contributed by atoms with Gasteiger partial charge in [-0.05, 0) is 0 Å². The first-order valence-electron chi connectivity index (χ1n) is 1.11. The summed E-state index contributed by atoms with van der Waals surface area (Å²) >= 11 is -1.81. The Kier molecular flexibility index (Phi) is 17.1. The maximum Gasteiger partial charge on any atom is 2.00 e. The van der Waals surface area contributed by atoms with Crippen molar-refractivity contribution in [1.29, 1.82) is 0 Å². The quantitative estimate of drug-likeness (QED) is 0.355. The van der Waals surface area contributed by atoms with Gasteiger partial charge in [0.1, 0.15) is 0 Å². The Balaban J connectivity index is -0.0000000800. The Morgan fingerprint density at radius 2 is 1.33 bits per heavy atom. The minimum atomic E-state index is -5.14. The van der Waals surface area contributed by atoms with Crippen LogP contribution in [0.1, 0.15) is 0 Å². The Labute approximate surface area is 77.6 Å². The third-order valence-electron chi connectivity index (χ3n) is 0. The van der Waals surface area contributed by atoms with Gasteiger partial charge in [-0.15, -0.1) is 0 Å².